The van der Waals surface area contributed by atoms with Gasteiger partial charge in [-0.15, -0.1) is 0 Å². The lowest BCUT2D eigenvalue weighted by molar-refractivity contribution is -0.188. The lowest BCUT2D eigenvalue weighted by Crippen LogP contribution is -2.52. The molecule has 1 aromatic rings. The Bertz CT molecular complexity index is 516. The number of benzene rings is 1. The van der Waals surface area contributed by atoms with Crippen LogP contribution in [0.4, 0.5) is 13.2 Å². The normalized spacial score (nSPS) is 20.6. The molecule has 0 aromatic heterocycles. The smallest absolute Gasteiger partial charge is 0.341 e. The molecule has 0 aliphatic carbocycles. The Morgan fingerprint density at radius 1 is 1.30 bits per heavy atom. The van der Waals surface area contributed by atoms with Gasteiger partial charge in [-0.1, -0.05) is 30.3 Å². The van der Waals surface area contributed by atoms with Gasteiger partial charge >= 0.3 is 6.18 Å². The molecule has 0 spiro atoms. The first kappa shape index (κ1) is 17.8. The summed E-state index contributed by atoms with van der Waals surface area (Å²) in [5.41, 5.74) is 1.00. The second kappa shape index (κ2) is 7.34. The number of piperidine rings is 1. The predicted molar refractivity (Wildman–Crippen MR) is 83.0 cm³/mol. The van der Waals surface area contributed by atoms with Crippen molar-refractivity contribution < 1.29 is 18.0 Å². The summed E-state index contributed by atoms with van der Waals surface area (Å²) in [5, 5.41) is 0. The van der Waals surface area contributed by atoms with Crippen LogP contribution in [-0.2, 0) is 11.2 Å². The topological polar surface area (TPSA) is 23.6 Å². The molecule has 0 N–H and O–H groups in total. The summed E-state index contributed by atoms with van der Waals surface area (Å²) in [7, 11) is 3.58. The third-order valence-electron chi connectivity index (χ3n) is 4.38. The molecular weight excluding hydrogens is 305 g/mol. The molecule has 128 valence electrons. The quantitative estimate of drug-likeness (QED) is 0.848. The average molecular weight is 328 g/mol. The number of nitrogens with zero attached hydrogens (tertiary/aromatic N) is 2. The Kier molecular flexibility index (Phi) is 5.68. The first-order chi connectivity index (χ1) is 10.8. The van der Waals surface area contributed by atoms with Crippen LogP contribution in [0.3, 0.4) is 0 Å². The van der Waals surface area contributed by atoms with Crippen molar-refractivity contribution >= 4 is 5.91 Å². The van der Waals surface area contributed by atoms with Gasteiger partial charge in [0.2, 0.25) is 5.91 Å². The molecule has 0 radical (unpaired) electrons. The second-order valence-corrected chi connectivity index (χ2v) is 6.33. The Morgan fingerprint density at radius 3 is 2.52 bits per heavy atom. The molecule has 1 amide bonds. The minimum atomic E-state index is -4.23. The van der Waals surface area contributed by atoms with E-state index in [0.29, 0.717) is 19.4 Å². The van der Waals surface area contributed by atoms with E-state index in [4.69, 9.17) is 0 Å². The van der Waals surface area contributed by atoms with E-state index in [1.54, 1.807) is 19.0 Å². The molecule has 23 heavy (non-hydrogen) atoms. The van der Waals surface area contributed by atoms with Crippen molar-refractivity contribution in [2.75, 3.05) is 27.2 Å². The zero-order chi connectivity index (χ0) is 17.0. The van der Waals surface area contributed by atoms with Crippen LogP contribution in [0.5, 0.6) is 0 Å². The van der Waals surface area contributed by atoms with Gasteiger partial charge in [0.1, 0.15) is 0 Å². The van der Waals surface area contributed by atoms with Crippen molar-refractivity contribution in [1.82, 2.24) is 9.80 Å². The van der Waals surface area contributed by atoms with Crippen molar-refractivity contribution in [3.63, 3.8) is 0 Å². The summed E-state index contributed by atoms with van der Waals surface area (Å²) >= 11 is 0. The minimum Gasteiger partial charge on any atom is -0.341 e. The third kappa shape index (κ3) is 4.70. The standard InChI is InChI=1S/C17H23F3N2O/c1-21(2)15(11-13-7-4-3-5-8-13)16(23)22-10-6-9-14(12-22)17(18,19)20/h3-5,7-8,14-15H,6,9-12H2,1-2H3/t14-,15+/m1/s1. The SMILES string of the molecule is CN(C)[C@@H](Cc1ccccc1)C(=O)N1CCC[C@@H](C(F)(F)F)C1. The van der Waals surface area contributed by atoms with Gasteiger partial charge in [-0.2, -0.15) is 13.2 Å². The number of likely N-dealkylation sites (tertiary alicyclic amines) is 1. The van der Waals surface area contributed by atoms with Gasteiger partial charge in [-0.25, -0.2) is 0 Å². The number of alkyl halides is 3. The van der Waals surface area contributed by atoms with E-state index in [-0.39, 0.29) is 18.9 Å². The van der Waals surface area contributed by atoms with Crippen LogP contribution in [-0.4, -0.2) is 55.1 Å². The van der Waals surface area contributed by atoms with Gasteiger partial charge in [-0.3, -0.25) is 9.69 Å². The van der Waals surface area contributed by atoms with Gasteiger partial charge in [0.25, 0.3) is 0 Å². The highest BCUT2D eigenvalue weighted by atomic mass is 19.4. The molecule has 1 fully saturated rings. The van der Waals surface area contributed by atoms with E-state index in [2.05, 4.69) is 0 Å². The molecule has 1 aliphatic heterocycles. The summed E-state index contributed by atoms with van der Waals surface area (Å²) < 4.78 is 38.8. The zero-order valence-electron chi connectivity index (χ0n) is 13.5. The number of rotatable bonds is 4. The van der Waals surface area contributed by atoms with Gasteiger partial charge in [0, 0.05) is 13.1 Å². The summed E-state index contributed by atoms with van der Waals surface area (Å²) in [5.74, 6) is -1.62. The lowest BCUT2D eigenvalue weighted by atomic mass is 9.96. The van der Waals surface area contributed by atoms with Gasteiger partial charge in [0.05, 0.1) is 12.0 Å². The van der Waals surface area contributed by atoms with Gasteiger partial charge in [0.15, 0.2) is 0 Å². The van der Waals surface area contributed by atoms with E-state index >= 15 is 0 Å². The molecule has 1 aliphatic rings. The summed E-state index contributed by atoms with van der Waals surface area (Å²) in [4.78, 5) is 15.9. The van der Waals surface area contributed by atoms with Crippen molar-refractivity contribution in [2.24, 2.45) is 5.92 Å². The van der Waals surface area contributed by atoms with Crippen LogP contribution >= 0.6 is 0 Å². The molecular formula is C17H23F3N2O. The monoisotopic (exact) mass is 328 g/mol. The summed E-state index contributed by atoms with van der Waals surface area (Å²) in [6, 6.07) is 9.11. The molecule has 2 rings (SSSR count). The molecule has 1 saturated heterocycles. The first-order valence-electron chi connectivity index (χ1n) is 7.85. The number of hydrogen-bond acceptors (Lipinski definition) is 2. The first-order valence-corrected chi connectivity index (χ1v) is 7.85. The van der Waals surface area contributed by atoms with Crippen LogP contribution in [0.15, 0.2) is 30.3 Å². The maximum absolute atomic E-state index is 12.9. The van der Waals surface area contributed by atoms with Crippen molar-refractivity contribution in [2.45, 2.75) is 31.5 Å². The maximum atomic E-state index is 12.9. The fraction of sp³-hybridized carbons (Fsp3) is 0.588. The van der Waals surface area contributed by atoms with Gasteiger partial charge in [-0.05, 0) is 38.9 Å². The van der Waals surface area contributed by atoms with Crippen LogP contribution in [0.1, 0.15) is 18.4 Å². The highest BCUT2D eigenvalue weighted by Gasteiger charge is 2.43. The lowest BCUT2D eigenvalue weighted by Gasteiger charge is -2.37. The molecule has 2 atom stereocenters. The van der Waals surface area contributed by atoms with Crippen LogP contribution in [0, 0.1) is 5.92 Å². The fourth-order valence-corrected chi connectivity index (χ4v) is 2.98. The molecule has 0 saturated carbocycles. The van der Waals surface area contributed by atoms with E-state index in [1.165, 1.54) is 4.90 Å². The predicted octanol–water partition coefficient (Wildman–Crippen LogP) is 2.96. The van der Waals surface area contributed by atoms with Crippen LogP contribution in [0.2, 0.25) is 0 Å². The Morgan fingerprint density at radius 2 is 1.96 bits per heavy atom. The Balaban J connectivity index is 2.08. The number of carbonyl (C=O) groups excluding carboxylic acids is 1. The number of likely N-dealkylation sites (N-methyl/N-ethyl adjacent to an activating group) is 1. The van der Waals surface area contributed by atoms with E-state index in [9.17, 15) is 18.0 Å². The van der Waals surface area contributed by atoms with Crippen molar-refractivity contribution in [3.8, 4) is 0 Å². The zero-order valence-corrected chi connectivity index (χ0v) is 13.5. The highest BCUT2D eigenvalue weighted by Crippen LogP contribution is 2.33. The minimum absolute atomic E-state index is 0.110. The number of hydrogen-bond donors (Lipinski definition) is 0. The third-order valence-corrected chi connectivity index (χ3v) is 4.38. The van der Waals surface area contributed by atoms with E-state index in [0.717, 1.165) is 5.56 Å². The van der Waals surface area contributed by atoms with Gasteiger partial charge < -0.3 is 4.90 Å². The van der Waals surface area contributed by atoms with Crippen LogP contribution < -0.4 is 0 Å². The molecule has 1 aromatic carbocycles. The molecule has 0 unspecified atom stereocenters. The molecule has 0 bridgehead atoms. The van der Waals surface area contributed by atoms with Crippen LogP contribution in [0.25, 0.3) is 0 Å². The summed E-state index contributed by atoms with van der Waals surface area (Å²) in [6.07, 6.45) is -3.22. The average Bonchev–Trinajstić information content (AvgIpc) is 2.52. The van der Waals surface area contributed by atoms with E-state index in [1.807, 2.05) is 30.3 Å². The molecule has 6 heteroatoms. The second-order valence-electron chi connectivity index (χ2n) is 6.33. The Labute approximate surface area is 135 Å². The summed E-state index contributed by atoms with van der Waals surface area (Å²) in [6.45, 7) is 0.187. The molecule has 1 heterocycles. The maximum Gasteiger partial charge on any atom is 0.393 e. The van der Waals surface area contributed by atoms with Crippen molar-refractivity contribution in [1.29, 1.82) is 0 Å². The van der Waals surface area contributed by atoms with E-state index < -0.39 is 18.1 Å². The Hall–Kier alpha value is -1.56. The fourth-order valence-electron chi connectivity index (χ4n) is 2.98. The number of carbonyl (C=O) groups is 1. The largest absolute Gasteiger partial charge is 0.393 e. The van der Waals surface area contributed by atoms with Crippen molar-refractivity contribution in [3.05, 3.63) is 35.9 Å². The molecule has 3 nitrogen and oxygen atoms in total. The number of halogens is 3. The number of amides is 1. The highest BCUT2D eigenvalue weighted by molar-refractivity contribution is 5.82.